The summed E-state index contributed by atoms with van der Waals surface area (Å²) >= 11 is 0. The Morgan fingerprint density at radius 3 is 2.53 bits per heavy atom. The number of amides is 1. The number of nitrogens with zero attached hydrogens (tertiary/aromatic N) is 1. The Morgan fingerprint density at radius 1 is 1.47 bits per heavy atom. The molecule has 0 bridgehead atoms. The summed E-state index contributed by atoms with van der Waals surface area (Å²) in [5.74, 6) is -0.0777. The van der Waals surface area contributed by atoms with Gasteiger partial charge >= 0.3 is 0 Å². The minimum atomic E-state index is -0.975. The Kier molecular flexibility index (Phi) is 4.11. The number of nitriles is 1. The molecule has 0 aliphatic heterocycles. The van der Waals surface area contributed by atoms with Crippen molar-refractivity contribution >= 4 is 5.91 Å². The lowest BCUT2D eigenvalue weighted by molar-refractivity contribution is -0.127. The molecule has 17 heavy (non-hydrogen) atoms. The molecule has 1 atom stereocenters. The van der Waals surface area contributed by atoms with Gasteiger partial charge < -0.3 is 10.4 Å². The van der Waals surface area contributed by atoms with Gasteiger partial charge in [-0.3, -0.25) is 4.79 Å². The molecule has 2 N–H and O–H groups in total. The first kappa shape index (κ1) is 13.0. The highest BCUT2D eigenvalue weighted by molar-refractivity contribution is 5.84. The van der Waals surface area contributed by atoms with Crippen molar-refractivity contribution in [1.82, 2.24) is 5.32 Å². The molecule has 1 amide bonds. The van der Waals surface area contributed by atoms with Gasteiger partial charge in [-0.05, 0) is 31.0 Å². The predicted molar refractivity (Wildman–Crippen MR) is 64.0 cm³/mol. The first-order valence-corrected chi connectivity index (χ1v) is 5.49. The maximum Gasteiger partial charge on any atom is 0.240 e. The summed E-state index contributed by atoms with van der Waals surface area (Å²) < 4.78 is 0. The van der Waals surface area contributed by atoms with Crippen LogP contribution in [0.4, 0.5) is 0 Å². The van der Waals surface area contributed by atoms with Crippen molar-refractivity contribution in [2.45, 2.75) is 26.8 Å². The van der Waals surface area contributed by atoms with Crippen molar-refractivity contribution in [2.24, 2.45) is 5.41 Å². The predicted octanol–water partition coefficient (Wildman–Crippen LogP) is 1.95. The smallest absolute Gasteiger partial charge is 0.240 e. The standard InChI is InChI=1S/C13H16N2O2/c1-3-13(2,9-14)12(17)15-8-10-4-6-11(16)7-5-10/h4-7,16H,3,8H2,1-2H3,(H,15,17). The molecular weight excluding hydrogens is 216 g/mol. The van der Waals surface area contributed by atoms with Crippen molar-refractivity contribution in [3.05, 3.63) is 29.8 Å². The van der Waals surface area contributed by atoms with E-state index in [2.05, 4.69) is 5.32 Å². The van der Waals surface area contributed by atoms with Crippen LogP contribution in [0, 0.1) is 16.7 Å². The third kappa shape index (κ3) is 3.22. The summed E-state index contributed by atoms with van der Waals surface area (Å²) in [6, 6.07) is 8.60. The van der Waals surface area contributed by atoms with Crippen LogP contribution in [0.3, 0.4) is 0 Å². The summed E-state index contributed by atoms with van der Waals surface area (Å²) in [6.07, 6.45) is 0.477. The minimum absolute atomic E-state index is 0.190. The van der Waals surface area contributed by atoms with Gasteiger partial charge in [0.15, 0.2) is 0 Å². The van der Waals surface area contributed by atoms with Gasteiger partial charge in [-0.25, -0.2) is 0 Å². The fourth-order valence-electron chi connectivity index (χ4n) is 1.28. The highest BCUT2D eigenvalue weighted by Gasteiger charge is 2.30. The number of hydrogen-bond donors (Lipinski definition) is 2. The Labute approximate surface area is 101 Å². The maximum atomic E-state index is 11.8. The molecule has 1 aromatic carbocycles. The number of benzene rings is 1. The van der Waals surface area contributed by atoms with Crippen LogP contribution in [0.5, 0.6) is 5.75 Å². The highest BCUT2D eigenvalue weighted by Crippen LogP contribution is 2.19. The van der Waals surface area contributed by atoms with Crippen LogP contribution in [0.15, 0.2) is 24.3 Å². The monoisotopic (exact) mass is 232 g/mol. The van der Waals surface area contributed by atoms with E-state index >= 15 is 0 Å². The van der Waals surface area contributed by atoms with Gasteiger partial charge in [0.2, 0.25) is 5.91 Å². The summed E-state index contributed by atoms with van der Waals surface area (Å²) in [5.41, 5.74) is -0.0933. The van der Waals surface area contributed by atoms with E-state index in [0.29, 0.717) is 13.0 Å². The molecule has 0 aromatic heterocycles. The second-order valence-corrected chi connectivity index (χ2v) is 4.15. The zero-order chi connectivity index (χ0) is 12.9. The Bertz CT molecular complexity index is 434. The van der Waals surface area contributed by atoms with Crippen LogP contribution in [0.2, 0.25) is 0 Å². The Hall–Kier alpha value is -2.02. The topological polar surface area (TPSA) is 73.1 Å². The maximum absolute atomic E-state index is 11.8. The molecule has 0 spiro atoms. The second kappa shape index (κ2) is 5.35. The normalized spacial score (nSPS) is 13.5. The van der Waals surface area contributed by atoms with E-state index in [0.717, 1.165) is 5.56 Å². The van der Waals surface area contributed by atoms with Gasteiger partial charge in [-0.1, -0.05) is 19.1 Å². The van der Waals surface area contributed by atoms with E-state index in [1.165, 1.54) is 0 Å². The van der Waals surface area contributed by atoms with E-state index in [1.807, 2.05) is 13.0 Å². The largest absolute Gasteiger partial charge is 0.508 e. The van der Waals surface area contributed by atoms with E-state index < -0.39 is 5.41 Å². The SMILES string of the molecule is CCC(C)(C#N)C(=O)NCc1ccc(O)cc1. The summed E-state index contributed by atoms with van der Waals surface area (Å²) in [4.78, 5) is 11.8. The Balaban J connectivity index is 2.60. The molecule has 4 heteroatoms. The van der Waals surface area contributed by atoms with Crippen LogP contribution in [0.1, 0.15) is 25.8 Å². The lowest BCUT2D eigenvalue weighted by Gasteiger charge is -2.18. The van der Waals surface area contributed by atoms with Gasteiger partial charge in [-0.2, -0.15) is 5.26 Å². The molecule has 0 saturated carbocycles. The van der Waals surface area contributed by atoms with Crippen molar-refractivity contribution in [1.29, 1.82) is 5.26 Å². The van der Waals surface area contributed by atoms with Gasteiger partial charge in [0, 0.05) is 6.54 Å². The zero-order valence-electron chi connectivity index (χ0n) is 10.0. The third-order valence-corrected chi connectivity index (χ3v) is 2.84. The van der Waals surface area contributed by atoms with Gasteiger partial charge in [0.25, 0.3) is 0 Å². The fourth-order valence-corrected chi connectivity index (χ4v) is 1.28. The molecule has 0 radical (unpaired) electrons. The number of phenols is 1. The molecule has 0 saturated heterocycles. The highest BCUT2D eigenvalue weighted by atomic mass is 16.3. The van der Waals surface area contributed by atoms with E-state index in [1.54, 1.807) is 31.2 Å². The molecule has 1 rings (SSSR count). The van der Waals surface area contributed by atoms with Crippen LogP contribution in [0.25, 0.3) is 0 Å². The number of aromatic hydroxyl groups is 1. The summed E-state index contributed by atoms with van der Waals surface area (Å²) in [7, 11) is 0. The minimum Gasteiger partial charge on any atom is -0.508 e. The first-order chi connectivity index (χ1) is 8.01. The Morgan fingerprint density at radius 2 is 2.06 bits per heavy atom. The average molecular weight is 232 g/mol. The summed E-state index contributed by atoms with van der Waals surface area (Å²) in [5, 5.41) is 20.8. The van der Waals surface area contributed by atoms with Crippen molar-refractivity contribution in [3.8, 4) is 11.8 Å². The van der Waals surface area contributed by atoms with Gasteiger partial charge in [0.05, 0.1) is 6.07 Å². The molecule has 90 valence electrons. The van der Waals surface area contributed by atoms with Crippen molar-refractivity contribution in [3.63, 3.8) is 0 Å². The van der Waals surface area contributed by atoms with Crippen LogP contribution >= 0.6 is 0 Å². The number of rotatable bonds is 4. The van der Waals surface area contributed by atoms with E-state index in [-0.39, 0.29) is 11.7 Å². The number of carbonyl (C=O) groups is 1. The molecular formula is C13H16N2O2. The quantitative estimate of drug-likeness (QED) is 0.833. The molecule has 1 unspecified atom stereocenters. The van der Waals surface area contributed by atoms with E-state index in [4.69, 9.17) is 10.4 Å². The van der Waals surface area contributed by atoms with Crippen LogP contribution in [-0.4, -0.2) is 11.0 Å². The molecule has 0 aliphatic carbocycles. The van der Waals surface area contributed by atoms with E-state index in [9.17, 15) is 4.79 Å². The zero-order valence-corrected chi connectivity index (χ0v) is 10.0. The number of nitrogens with one attached hydrogen (secondary N) is 1. The molecule has 0 aliphatic rings. The lowest BCUT2D eigenvalue weighted by atomic mass is 9.88. The molecule has 1 aromatic rings. The van der Waals surface area contributed by atoms with Gasteiger partial charge in [0.1, 0.15) is 11.2 Å². The average Bonchev–Trinajstić information content (AvgIpc) is 2.36. The molecule has 0 fully saturated rings. The summed E-state index contributed by atoms with van der Waals surface area (Å²) in [6.45, 7) is 3.79. The molecule has 4 nitrogen and oxygen atoms in total. The lowest BCUT2D eigenvalue weighted by Crippen LogP contribution is -2.37. The van der Waals surface area contributed by atoms with Crippen LogP contribution < -0.4 is 5.32 Å². The number of hydrogen-bond acceptors (Lipinski definition) is 3. The second-order valence-electron chi connectivity index (χ2n) is 4.15. The molecule has 0 heterocycles. The number of carbonyl (C=O) groups excluding carboxylic acids is 1. The first-order valence-electron chi connectivity index (χ1n) is 5.49. The van der Waals surface area contributed by atoms with Crippen molar-refractivity contribution in [2.75, 3.05) is 0 Å². The number of phenolic OH excluding ortho intramolecular Hbond substituents is 1. The fraction of sp³-hybridized carbons (Fsp3) is 0.385. The third-order valence-electron chi connectivity index (χ3n) is 2.84. The van der Waals surface area contributed by atoms with Crippen molar-refractivity contribution < 1.29 is 9.90 Å². The van der Waals surface area contributed by atoms with Crippen LogP contribution in [-0.2, 0) is 11.3 Å². The van der Waals surface area contributed by atoms with Gasteiger partial charge in [-0.15, -0.1) is 0 Å².